The summed E-state index contributed by atoms with van der Waals surface area (Å²) in [7, 11) is 0. The lowest BCUT2D eigenvalue weighted by Crippen LogP contribution is -2.27. The molecule has 1 aliphatic heterocycles. The Balaban J connectivity index is 1.45. The number of rotatable bonds is 5. The van der Waals surface area contributed by atoms with E-state index in [4.69, 9.17) is 0 Å². The van der Waals surface area contributed by atoms with Crippen molar-refractivity contribution in [1.82, 2.24) is 20.1 Å². The van der Waals surface area contributed by atoms with Crippen LogP contribution in [0.15, 0.2) is 85.0 Å². The summed E-state index contributed by atoms with van der Waals surface area (Å²) in [5, 5.41) is 11.5. The molecule has 5 rings (SSSR count). The van der Waals surface area contributed by atoms with Gasteiger partial charge in [-0.1, -0.05) is 60.7 Å². The highest BCUT2D eigenvalue weighted by atomic mass is 15.4. The Bertz CT molecular complexity index is 984. The Kier molecular flexibility index (Phi) is 3.98. The zero-order valence-electron chi connectivity index (χ0n) is 14.9. The summed E-state index contributed by atoms with van der Waals surface area (Å²) in [4.78, 5) is 4.41. The fraction of sp³-hybridized carbons (Fsp3) is 0.182. The maximum Gasteiger partial charge on any atom is 0.247 e. The number of hydrogen-bond acceptors (Lipinski definition) is 4. The van der Waals surface area contributed by atoms with Gasteiger partial charge in [-0.2, -0.15) is 0 Å². The number of aromatic nitrogens is 3. The zero-order chi connectivity index (χ0) is 18.1. The quantitative estimate of drug-likeness (QED) is 0.717. The van der Waals surface area contributed by atoms with E-state index in [2.05, 4.69) is 81.4 Å². The van der Waals surface area contributed by atoms with Gasteiger partial charge in [0.1, 0.15) is 12.1 Å². The zero-order valence-corrected chi connectivity index (χ0v) is 14.9. The van der Waals surface area contributed by atoms with Gasteiger partial charge in [0.2, 0.25) is 5.95 Å². The number of nitrogens with zero attached hydrogens (tertiary/aromatic N) is 3. The van der Waals surface area contributed by atoms with E-state index in [0.29, 0.717) is 12.0 Å². The fourth-order valence-corrected chi connectivity index (χ4v) is 3.32. The van der Waals surface area contributed by atoms with E-state index < -0.39 is 0 Å². The fourth-order valence-electron chi connectivity index (χ4n) is 3.32. The van der Waals surface area contributed by atoms with Crippen LogP contribution in [0.25, 0.3) is 5.57 Å². The van der Waals surface area contributed by atoms with E-state index in [9.17, 15) is 0 Å². The SMILES string of the molecule is C1=C(Nc2ncn(C3CC3)n2)NC(c2ccccc2)C=C1c1ccccc1. The highest BCUT2D eigenvalue weighted by molar-refractivity contribution is 5.77. The first kappa shape index (κ1) is 15.9. The molecule has 5 nitrogen and oxygen atoms in total. The van der Waals surface area contributed by atoms with Crippen LogP contribution in [0.2, 0.25) is 0 Å². The summed E-state index contributed by atoms with van der Waals surface area (Å²) in [6.45, 7) is 0. The molecular weight excluding hydrogens is 334 g/mol. The topological polar surface area (TPSA) is 54.8 Å². The molecule has 2 heterocycles. The number of allylic oxidation sites excluding steroid dienone is 2. The van der Waals surface area contributed by atoms with Crippen LogP contribution in [0.5, 0.6) is 0 Å². The lowest BCUT2D eigenvalue weighted by Gasteiger charge is -2.25. The molecule has 27 heavy (non-hydrogen) atoms. The van der Waals surface area contributed by atoms with Crippen molar-refractivity contribution < 1.29 is 0 Å². The van der Waals surface area contributed by atoms with E-state index in [0.717, 1.165) is 5.82 Å². The standard InChI is InChI=1S/C22H21N5/c1-3-7-16(8-4-1)18-13-20(17-9-5-2-6-10-17)24-21(14-18)25-22-23-15-27(26-22)19-11-12-19/h1-10,13-15,19-20,24H,11-12H2,(H,25,26). The predicted molar refractivity (Wildman–Crippen MR) is 107 cm³/mol. The maximum absolute atomic E-state index is 4.56. The van der Waals surface area contributed by atoms with E-state index in [-0.39, 0.29) is 6.04 Å². The highest BCUT2D eigenvalue weighted by Gasteiger charge is 2.25. The molecule has 2 aromatic carbocycles. The molecule has 1 saturated carbocycles. The third kappa shape index (κ3) is 3.49. The van der Waals surface area contributed by atoms with Crippen molar-refractivity contribution in [2.24, 2.45) is 0 Å². The van der Waals surface area contributed by atoms with Crippen molar-refractivity contribution in [1.29, 1.82) is 0 Å². The molecule has 0 radical (unpaired) electrons. The van der Waals surface area contributed by atoms with Gasteiger partial charge in [0.25, 0.3) is 0 Å². The Morgan fingerprint density at radius 1 is 0.963 bits per heavy atom. The molecule has 2 N–H and O–H groups in total. The predicted octanol–water partition coefficient (Wildman–Crippen LogP) is 4.29. The monoisotopic (exact) mass is 355 g/mol. The number of nitrogens with one attached hydrogen (secondary N) is 2. The van der Waals surface area contributed by atoms with Crippen molar-refractivity contribution in [2.45, 2.75) is 24.9 Å². The largest absolute Gasteiger partial charge is 0.361 e. The molecule has 1 fully saturated rings. The van der Waals surface area contributed by atoms with Crippen LogP contribution in [0.1, 0.15) is 36.1 Å². The number of benzene rings is 2. The third-order valence-electron chi connectivity index (χ3n) is 4.90. The van der Waals surface area contributed by atoms with Gasteiger partial charge in [-0.25, -0.2) is 9.67 Å². The second-order valence-corrected chi connectivity index (χ2v) is 6.98. The Morgan fingerprint density at radius 3 is 2.44 bits per heavy atom. The van der Waals surface area contributed by atoms with Gasteiger partial charge in [-0.05, 0) is 41.7 Å². The molecule has 0 spiro atoms. The van der Waals surface area contributed by atoms with E-state index in [1.54, 1.807) is 0 Å². The lowest BCUT2D eigenvalue weighted by atomic mass is 9.96. The molecule has 1 atom stereocenters. The van der Waals surface area contributed by atoms with Gasteiger partial charge in [-0.15, -0.1) is 5.10 Å². The van der Waals surface area contributed by atoms with Crippen LogP contribution in [0.4, 0.5) is 5.95 Å². The Hall–Kier alpha value is -3.34. The van der Waals surface area contributed by atoms with Crippen LogP contribution in [-0.2, 0) is 0 Å². The first-order valence-electron chi connectivity index (χ1n) is 9.34. The lowest BCUT2D eigenvalue weighted by molar-refractivity contribution is 0.640. The number of dihydropyridines is 1. The minimum atomic E-state index is 0.0828. The Morgan fingerprint density at radius 2 is 1.70 bits per heavy atom. The van der Waals surface area contributed by atoms with E-state index in [1.165, 1.54) is 29.5 Å². The van der Waals surface area contributed by atoms with Gasteiger partial charge in [0.15, 0.2) is 0 Å². The van der Waals surface area contributed by atoms with Gasteiger partial charge in [0.05, 0.1) is 12.1 Å². The van der Waals surface area contributed by atoms with Crippen molar-refractivity contribution in [3.8, 4) is 0 Å². The molecule has 3 aromatic rings. The molecule has 2 aliphatic rings. The summed E-state index contributed by atoms with van der Waals surface area (Å²) >= 11 is 0. The molecular formula is C22H21N5. The minimum absolute atomic E-state index is 0.0828. The molecule has 1 unspecified atom stereocenters. The summed E-state index contributed by atoms with van der Waals surface area (Å²) in [5.74, 6) is 1.53. The molecule has 0 bridgehead atoms. The molecule has 1 aromatic heterocycles. The first-order valence-corrected chi connectivity index (χ1v) is 9.34. The second-order valence-electron chi connectivity index (χ2n) is 6.98. The van der Waals surface area contributed by atoms with Gasteiger partial charge < -0.3 is 10.6 Å². The molecule has 0 saturated heterocycles. The molecule has 134 valence electrons. The second kappa shape index (κ2) is 6.76. The highest BCUT2D eigenvalue weighted by Crippen LogP contribution is 2.34. The maximum atomic E-state index is 4.56. The van der Waals surface area contributed by atoms with Gasteiger partial charge in [0, 0.05) is 0 Å². The normalized spacial score (nSPS) is 19.0. The van der Waals surface area contributed by atoms with E-state index in [1.807, 2.05) is 23.1 Å². The first-order chi connectivity index (χ1) is 13.3. The van der Waals surface area contributed by atoms with Crippen molar-refractivity contribution in [3.63, 3.8) is 0 Å². The Labute approximate surface area is 158 Å². The summed E-state index contributed by atoms with van der Waals surface area (Å²) in [5.41, 5.74) is 3.58. The van der Waals surface area contributed by atoms with Crippen molar-refractivity contribution in [2.75, 3.05) is 5.32 Å². The van der Waals surface area contributed by atoms with Crippen LogP contribution < -0.4 is 10.6 Å². The van der Waals surface area contributed by atoms with Crippen molar-refractivity contribution >= 4 is 11.5 Å². The van der Waals surface area contributed by atoms with E-state index >= 15 is 0 Å². The average Bonchev–Trinajstić information content (AvgIpc) is 3.48. The summed E-state index contributed by atoms with van der Waals surface area (Å²) < 4.78 is 1.95. The van der Waals surface area contributed by atoms with Gasteiger partial charge in [-0.3, -0.25) is 0 Å². The van der Waals surface area contributed by atoms with Crippen molar-refractivity contribution in [3.05, 3.63) is 96.1 Å². The molecule has 5 heteroatoms. The van der Waals surface area contributed by atoms with Crippen LogP contribution in [-0.4, -0.2) is 14.8 Å². The number of hydrogen-bond donors (Lipinski definition) is 2. The molecule has 1 aliphatic carbocycles. The van der Waals surface area contributed by atoms with Crippen LogP contribution in [0, 0.1) is 0 Å². The third-order valence-corrected chi connectivity index (χ3v) is 4.90. The van der Waals surface area contributed by atoms with Crippen LogP contribution in [0.3, 0.4) is 0 Å². The minimum Gasteiger partial charge on any atom is -0.361 e. The average molecular weight is 355 g/mol. The summed E-state index contributed by atoms with van der Waals surface area (Å²) in [6.07, 6.45) is 8.58. The smallest absolute Gasteiger partial charge is 0.247 e. The summed E-state index contributed by atoms with van der Waals surface area (Å²) in [6, 6.07) is 21.5. The van der Waals surface area contributed by atoms with Gasteiger partial charge >= 0.3 is 0 Å². The van der Waals surface area contributed by atoms with Crippen LogP contribution >= 0.6 is 0 Å². The number of anilines is 1. The molecule has 0 amide bonds.